The first-order chi connectivity index (χ1) is 8.77. The summed E-state index contributed by atoms with van der Waals surface area (Å²) in [7, 11) is 0. The fourth-order valence-corrected chi connectivity index (χ4v) is 2.57. The van der Waals surface area contributed by atoms with E-state index in [1.54, 1.807) is 0 Å². The Bertz CT molecular complexity index is 233. The van der Waals surface area contributed by atoms with Gasteiger partial charge in [0.05, 0.1) is 13.2 Å². The highest BCUT2D eigenvalue weighted by molar-refractivity contribution is 5.69. The van der Waals surface area contributed by atoms with Gasteiger partial charge in [-0.2, -0.15) is 0 Å². The third-order valence-corrected chi connectivity index (χ3v) is 3.59. The largest absolute Gasteiger partial charge is 0.466 e. The van der Waals surface area contributed by atoms with Gasteiger partial charge in [0.25, 0.3) is 0 Å². The van der Waals surface area contributed by atoms with E-state index in [1.807, 2.05) is 6.92 Å². The fraction of sp³-hybridized carbons (Fsp3) is 0.929. The number of hydrogen-bond acceptors (Lipinski definition) is 4. The van der Waals surface area contributed by atoms with Gasteiger partial charge in [-0.25, -0.2) is 0 Å². The summed E-state index contributed by atoms with van der Waals surface area (Å²) in [6.45, 7) is 4.84. The van der Waals surface area contributed by atoms with E-state index in [2.05, 4.69) is 4.90 Å². The molecule has 0 unspecified atom stereocenters. The first-order valence-corrected chi connectivity index (χ1v) is 7.28. The number of rotatable bonds is 9. The summed E-state index contributed by atoms with van der Waals surface area (Å²) in [6, 6.07) is 0.393. The van der Waals surface area contributed by atoms with Crippen LogP contribution in [-0.2, 0) is 9.53 Å². The molecule has 4 heteroatoms. The number of esters is 1. The van der Waals surface area contributed by atoms with Crippen molar-refractivity contribution in [2.75, 3.05) is 26.3 Å². The molecule has 1 N–H and O–H groups in total. The lowest BCUT2D eigenvalue weighted by molar-refractivity contribution is -0.143. The molecular weight excluding hydrogens is 230 g/mol. The van der Waals surface area contributed by atoms with Crippen molar-refractivity contribution < 1.29 is 14.6 Å². The van der Waals surface area contributed by atoms with Crippen molar-refractivity contribution in [3.63, 3.8) is 0 Å². The Balaban J connectivity index is 1.94. The average Bonchev–Trinajstić information content (AvgIpc) is 2.81. The second kappa shape index (κ2) is 9.34. The molecule has 0 aromatic heterocycles. The van der Waals surface area contributed by atoms with Gasteiger partial charge in [0.2, 0.25) is 0 Å². The van der Waals surface area contributed by atoms with Gasteiger partial charge in [-0.05, 0) is 45.7 Å². The molecule has 1 rings (SSSR count). The van der Waals surface area contributed by atoms with Crippen molar-refractivity contribution in [2.24, 2.45) is 0 Å². The van der Waals surface area contributed by atoms with Crippen LogP contribution in [0.5, 0.6) is 0 Å². The standard InChI is InChI=1S/C14H27NO3/c1-2-18-14(17)9-5-3-4-6-10-15-11-7-8-13(15)12-16/h13,16H,2-12H2,1H3/t13-/m0/s1. The van der Waals surface area contributed by atoms with E-state index in [1.165, 1.54) is 12.8 Å². The first-order valence-electron chi connectivity index (χ1n) is 7.28. The maximum Gasteiger partial charge on any atom is 0.305 e. The average molecular weight is 257 g/mol. The van der Waals surface area contributed by atoms with E-state index >= 15 is 0 Å². The van der Waals surface area contributed by atoms with Gasteiger partial charge in [-0.1, -0.05) is 12.8 Å². The topological polar surface area (TPSA) is 49.8 Å². The van der Waals surface area contributed by atoms with E-state index in [0.717, 1.165) is 38.8 Å². The van der Waals surface area contributed by atoms with Gasteiger partial charge < -0.3 is 9.84 Å². The number of aliphatic hydroxyl groups excluding tert-OH is 1. The van der Waals surface area contributed by atoms with Crippen molar-refractivity contribution in [3.05, 3.63) is 0 Å². The van der Waals surface area contributed by atoms with Crippen LogP contribution >= 0.6 is 0 Å². The number of likely N-dealkylation sites (tertiary alicyclic amines) is 1. The zero-order valence-corrected chi connectivity index (χ0v) is 11.6. The summed E-state index contributed by atoms with van der Waals surface area (Å²) in [5.74, 6) is -0.0719. The minimum Gasteiger partial charge on any atom is -0.466 e. The van der Waals surface area contributed by atoms with Crippen LogP contribution in [0.4, 0.5) is 0 Å². The third kappa shape index (κ3) is 5.83. The minimum absolute atomic E-state index is 0.0719. The van der Waals surface area contributed by atoms with E-state index < -0.39 is 0 Å². The molecule has 0 saturated carbocycles. The van der Waals surface area contributed by atoms with E-state index in [-0.39, 0.29) is 5.97 Å². The molecule has 0 amide bonds. The van der Waals surface area contributed by atoms with Crippen LogP contribution < -0.4 is 0 Å². The number of nitrogens with zero attached hydrogens (tertiary/aromatic N) is 1. The van der Waals surface area contributed by atoms with Gasteiger partial charge >= 0.3 is 5.97 Å². The molecule has 1 aliphatic heterocycles. The number of carbonyl (C=O) groups excluding carboxylic acids is 1. The summed E-state index contributed by atoms with van der Waals surface area (Å²) in [5, 5.41) is 9.20. The summed E-state index contributed by atoms with van der Waals surface area (Å²) < 4.78 is 4.88. The Labute approximate surface area is 110 Å². The molecule has 0 aromatic rings. The lowest BCUT2D eigenvalue weighted by Crippen LogP contribution is -2.32. The van der Waals surface area contributed by atoms with Gasteiger partial charge in [-0.15, -0.1) is 0 Å². The van der Waals surface area contributed by atoms with Crippen molar-refractivity contribution in [1.82, 2.24) is 4.90 Å². The zero-order valence-electron chi connectivity index (χ0n) is 11.6. The van der Waals surface area contributed by atoms with Crippen molar-refractivity contribution >= 4 is 5.97 Å². The highest BCUT2D eigenvalue weighted by Crippen LogP contribution is 2.17. The number of unbranched alkanes of at least 4 members (excludes halogenated alkanes) is 3. The lowest BCUT2D eigenvalue weighted by Gasteiger charge is -2.22. The second-order valence-electron chi connectivity index (χ2n) is 4.98. The van der Waals surface area contributed by atoms with Crippen LogP contribution in [0, 0.1) is 0 Å². The zero-order chi connectivity index (χ0) is 13.2. The molecular formula is C14H27NO3. The fourth-order valence-electron chi connectivity index (χ4n) is 2.57. The number of ether oxygens (including phenoxy) is 1. The summed E-state index contributed by atoms with van der Waals surface area (Å²) in [4.78, 5) is 13.5. The van der Waals surface area contributed by atoms with Crippen molar-refractivity contribution in [3.8, 4) is 0 Å². The van der Waals surface area contributed by atoms with Gasteiger partial charge in [0.1, 0.15) is 0 Å². The normalized spacial score (nSPS) is 20.2. The van der Waals surface area contributed by atoms with Crippen LogP contribution in [0.25, 0.3) is 0 Å². The highest BCUT2D eigenvalue weighted by atomic mass is 16.5. The molecule has 1 fully saturated rings. The van der Waals surface area contributed by atoms with Gasteiger partial charge in [-0.3, -0.25) is 9.69 Å². The predicted molar refractivity (Wildman–Crippen MR) is 71.4 cm³/mol. The molecule has 106 valence electrons. The highest BCUT2D eigenvalue weighted by Gasteiger charge is 2.22. The van der Waals surface area contributed by atoms with Crippen LogP contribution in [0.1, 0.15) is 51.9 Å². The maximum atomic E-state index is 11.1. The maximum absolute atomic E-state index is 11.1. The molecule has 1 atom stereocenters. The number of aliphatic hydroxyl groups is 1. The second-order valence-corrected chi connectivity index (χ2v) is 4.98. The minimum atomic E-state index is -0.0719. The van der Waals surface area contributed by atoms with Crippen molar-refractivity contribution in [1.29, 1.82) is 0 Å². The van der Waals surface area contributed by atoms with Gasteiger partial charge in [0, 0.05) is 12.5 Å². The molecule has 0 aromatic carbocycles. The number of carbonyl (C=O) groups is 1. The third-order valence-electron chi connectivity index (χ3n) is 3.59. The molecule has 1 saturated heterocycles. The lowest BCUT2D eigenvalue weighted by atomic mass is 10.1. The van der Waals surface area contributed by atoms with Crippen LogP contribution in [0.3, 0.4) is 0 Å². The Morgan fingerprint density at radius 1 is 1.33 bits per heavy atom. The van der Waals surface area contributed by atoms with Crippen LogP contribution in [-0.4, -0.2) is 48.3 Å². The molecule has 1 aliphatic rings. The van der Waals surface area contributed by atoms with Crippen molar-refractivity contribution in [2.45, 2.75) is 57.9 Å². The molecule has 4 nitrogen and oxygen atoms in total. The van der Waals surface area contributed by atoms with E-state index in [9.17, 15) is 9.90 Å². The quantitative estimate of drug-likeness (QED) is 0.507. The van der Waals surface area contributed by atoms with E-state index in [4.69, 9.17) is 4.74 Å². The Morgan fingerprint density at radius 2 is 2.11 bits per heavy atom. The molecule has 1 heterocycles. The summed E-state index contributed by atoms with van der Waals surface area (Å²) in [6.07, 6.45) is 7.26. The molecule has 0 radical (unpaired) electrons. The Hall–Kier alpha value is -0.610. The van der Waals surface area contributed by atoms with Crippen LogP contribution in [0.2, 0.25) is 0 Å². The smallest absolute Gasteiger partial charge is 0.305 e. The SMILES string of the molecule is CCOC(=O)CCCCCCN1CCC[C@H]1CO. The number of hydrogen-bond donors (Lipinski definition) is 1. The van der Waals surface area contributed by atoms with E-state index in [0.29, 0.717) is 25.7 Å². The predicted octanol–water partition coefficient (Wildman–Crippen LogP) is 1.96. The Morgan fingerprint density at radius 3 is 2.83 bits per heavy atom. The first kappa shape index (κ1) is 15.4. The van der Waals surface area contributed by atoms with Crippen LogP contribution in [0.15, 0.2) is 0 Å². The molecule has 0 spiro atoms. The van der Waals surface area contributed by atoms with Gasteiger partial charge in [0.15, 0.2) is 0 Å². The molecule has 0 bridgehead atoms. The summed E-state index contributed by atoms with van der Waals surface area (Å²) >= 11 is 0. The Kier molecular flexibility index (Phi) is 8.01. The summed E-state index contributed by atoms with van der Waals surface area (Å²) in [5.41, 5.74) is 0. The monoisotopic (exact) mass is 257 g/mol. The molecule has 18 heavy (non-hydrogen) atoms. The molecule has 0 aliphatic carbocycles.